The summed E-state index contributed by atoms with van der Waals surface area (Å²) in [5, 5.41) is 7.13. The molecule has 0 aliphatic rings. The summed E-state index contributed by atoms with van der Waals surface area (Å²) in [6.45, 7) is 4.17. The summed E-state index contributed by atoms with van der Waals surface area (Å²) in [4.78, 5) is 12.1. The van der Waals surface area contributed by atoms with Crippen LogP contribution in [0.5, 0.6) is 0 Å². The van der Waals surface area contributed by atoms with Gasteiger partial charge in [-0.05, 0) is 49.2 Å². The topological polar surface area (TPSA) is 51.9 Å². The molecule has 2 heterocycles. The zero-order valence-corrected chi connectivity index (χ0v) is 13.3. The Morgan fingerprint density at radius 2 is 1.91 bits per heavy atom. The average molecular weight is 308 g/mol. The minimum absolute atomic E-state index is 0.0436. The van der Waals surface area contributed by atoms with Crippen LogP contribution in [0.4, 0.5) is 0 Å². The van der Waals surface area contributed by atoms with Gasteiger partial charge in [-0.2, -0.15) is 5.10 Å². The first-order valence-electron chi connectivity index (χ1n) is 7.63. The van der Waals surface area contributed by atoms with E-state index in [9.17, 15) is 4.79 Å². The molecule has 0 radical (unpaired) electrons. The molecule has 0 aliphatic heterocycles. The van der Waals surface area contributed by atoms with Crippen molar-refractivity contribution in [3.8, 4) is 5.69 Å². The second-order valence-corrected chi connectivity index (χ2v) is 5.69. The van der Waals surface area contributed by atoms with Crippen LogP contribution in [0.1, 0.15) is 24.1 Å². The van der Waals surface area contributed by atoms with Crippen molar-refractivity contribution in [2.45, 2.75) is 26.4 Å². The number of carbonyl (C=O) groups excluding carboxylic acids is 1. The van der Waals surface area contributed by atoms with Crippen molar-refractivity contribution in [3.63, 3.8) is 0 Å². The zero-order valence-electron chi connectivity index (χ0n) is 13.3. The van der Waals surface area contributed by atoms with Crippen LogP contribution in [0.25, 0.3) is 5.69 Å². The van der Waals surface area contributed by atoms with Crippen molar-refractivity contribution in [1.82, 2.24) is 19.7 Å². The summed E-state index contributed by atoms with van der Waals surface area (Å²) < 4.78 is 3.69. The van der Waals surface area contributed by atoms with Gasteiger partial charge in [0.2, 0.25) is 5.91 Å². The number of carbonyl (C=O) groups is 1. The number of hydrogen-bond donors (Lipinski definition) is 1. The highest BCUT2D eigenvalue weighted by atomic mass is 16.2. The third-order valence-electron chi connectivity index (χ3n) is 3.74. The van der Waals surface area contributed by atoms with Crippen molar-refractivity contribution in [1.29, 1.82) is 0 Å². The molecule has 1 unspecified atom stereocenters. The minimum Gasteiger partial charge on any atom is -0.348 e. The molecule has 0 fully saturated rings. The normalized spacial score (nSPS) is 12.1. The van der Waals surface area contributed by atoms with Gasteiger partial charge >= 0.3 is 0 Å². The van der Waals surface area contributed by atoms with Crippen molar-refractivity contribution >= 4 is 5.91 Å². The lowest BCUT2D eigenvalue weighted by Crippen LogP contribution is -2.30. The van der Waals surface area contributed by atoms with E-state index in [1.165, 1.54) is 0 Å². The van der Waals surface area contributed by atoms with Crippen LogP contribution in [-0.2, 0) is 11.3 Å². The lowest BCUT2D eigenvalue weighted by atomic mass is 10.1. The smallest absolute Gasteiger partial charge is 0.242 e. The summed E-state index contributed by atoms with van der Waals surface area (Å²) in [5.41, 5.74) is 3.22. The second-order valence-electron chi connectivity index (χ2n) is 5.69. The third-order valence-corrected chi connectivity index (χ3v) is 3.74. The van der Waals surface area contributed by atoms with Crippen LogP contribution >= 0.6 is 0 Å². The largest absolute Gasteiger partial charge is 0.348 e. The number of benzene rings is 1. The molecule has 0 saturated heterocycles. The van der Waals surface area contributed by atoms with E-state index in [2.05, 4.69) is 22.5 Å². The molecule has 0 spiro atoms. The molecular formula is C18H20N4O. The van der Waals surface area contributed by atoms with E-state index < -0.39 is 0 Å². The van der Waals surface area contributed by atoms with E-state index in [0.29, 0.717) is 0 Å². The van der Waals surface area contributed by atoms with E-state index in [1.54, 1.807) is 10.9 Å². The zero-order chi connectivity index (χ0) is 16.2. The van der Waals surface area contributed by atoms with Gasteiger partial charge in [0.25, 0.3) is 0 Å². The van der Waals surface area contributed by atoms with Gasteiger partial charge in [0.1, 0.15) is 6.54 Å². The number of amides is 1. The molecule has 0 aliphatic carbocycles. The Morgan fingerprint density at radius 1 is 1.22 bits per heavy atom. The SMILES string of the molecule is Cc1cnn(CC(=O)NC(C)c2ccc(-n3cccc3)cc2)c1. The molecule has 1 atom stereocenters. The maximum Gasteiger partial charge on any atom is 0.242 e. The first-order chi connectivity index (χ1) is 11.1. The molecular weight excluding hydrogens is 288 g/mol. The van der Waals surface area contributed by atoms with Crippen LogP contribution < -0.4 is 5.32 Å². The first kappa shape index (κ1) is 15.1. The Balaban J connectivity index is 1.61. The van der Waals surface area contributed by atoms with Gasteiger partial charge in [-0.15, -0.1) is 0 Å². The number of nitrogens with one attached hydrogen (secondary N) is 1. The average Bonchev–Trinajstić information content (AvgIpc) is 3.19. The molecule has 0 bridgehead atoms. The molecule has 1 amide bonds. The Kier molecular flexibility index (Phi) is 4.28. The number of aromatic nitrogens is 3. The lowest BCUT2D eigenvalue weighted by Gasteiger charge is -2.15. The van der Waals surface area contributed by atoms with Crippen LogP contribution in [0.15, 0.2) is 61.2 Å². The van der Waals surface area contributed by atoms with Gasteiger partial charge in [0.15, 0.2) is 0 Å². The predicted octanol–water partition coefficient (Wildman–Crippen LogP) is 2.86. The van der Waals surface area contributed by atoms with E-state index in [1.807, 2.05) is 61.3 Å². The molecule has 3 aromatic rings. The molecule has 1 N–H and O–H groups in total. The van der Waals surface area contributed by atoms with E-state index in [-0.39, 0.29) is 18.5 Å². The fourth-order valence-corrected chi connectivity index (χ4v) is 2.51. The lowest BCUT2D eigenvalue weighted by molar-refractivity contribution is -0.122. The van der Waals surface area contributed by atoms with Crippen molar-refractivity contribution in [2.75, 3.05) is 0 Å². The van der Waals surface area contributed by atoms with Crippen LogP contribution in [0, 0.1) is 6.92 Å². The Bertz CT molecular complexity index is 772. The van der Waals surface area contributed by atoms with Gasteiger partial charge in [-0.3, -0.25) is 9.48 Å². The van der Waals surface area contributed by atoms with Gasteiger partial charge in [-0.1, -0.05) is 12.1 Å². The summed E-state index contributed by atoms with van der Waals surface area (Å²) in [6, 6.07) is 12.1. The van der Waals surface area contributed by atoms with Gasteiger partial charge in [0.05, 0.1) is 12.2 Å². The van der Waals surface area contributed by atoms with Crippen molar-refractivity contribution in [3.05, 3.63) is 72.3 Å². The molecule has 118 valence electrons. The maximum absolute atomic E-state index is 12.1. The van der Waals surface area contributed by atoms with Gasteiger partial charge in [-0.25, -0.2) is 0 Å². The first-order valence-corrected chi connectivity index (χ1v) is 7.63. The molecule has 23 heavy (non-hydrogen) atoms. The van der Waals surface area contributed by atoms with Crippen LogP contribution in [0.3, 0.4) is 0 Å². The molecule has 3 rings (SSSR count). The fourth-order valence-electron chi connectivity index (χ4n) is 2.51. The van der Waals surface area contributed by atoms with Gasteiger partial charge < -0.3 is 9.88 Å². The monoisotopic (exact) mass is 308 g/mol. The Labute approximate surface area is 135 Å². The molecule has 5 heteroatoms. The number of rotatable bonds is 5. The number of nitrogens with zero attached hydrogens (tertiary/aromatic N) is 3. The standard InChI is InChI=1S/C18H20N4O/c1-14-11-19-22(12-14)13-18(23)20-15(2)16-5-7-17(8-6-16)21-9-3-4-10-21/h3-12,15H,13H2,1-2H3,(H,20,23). The van der Waals surface area contributed by atoms with Crippen molar-refractivity contribution in [2.24, 2.45) is 0 Å². The number of aryl methyl sites for hydroxylation is 1. The highest BCUT2D eigenvalue weighted by molar-refractivity contribution is 5.76. The van der Waals surface area contributed by atoms with E-state index in [4.69, 9.17) is 0 Å². The van der Waals surface area contributed by atoms with E-state index in [0.717, 1.165) is 16.8 Å². The maximum atomic E-state index is 12.1. The predicted molar refractivity (Wildman–Crippen MR) is 89.3 cm³/mol. The highest BCUT2D eigenvalue weighted by Crippen LogP contribution is 2.16. The Hall–Kier alpha value is -2.82. The van der Waals surface area contributed by atoms with Gasteiger partial charge in [0, 0.05) is 24.3 Å². The molecule has 5 nitrogen and oxygen atoms in total. The van der Waals surface area contributed by atoms with Crippen molar-refractivity contribution < 1.29 is 4.79 Å². The summed E-state index contributed by atoms with van der Waals surface area (Å²) in [6.07, 6.45) is 7.62. The Morgan fingerprint density at radius 3 is 2.52 bits per heavy atom. The highest BCUT2D eigenvalue weighted by Gasteiger charge is 2.10. The van der Waals surface area contributed by atoms with Crippen LogP contribution in [0.2, 0.25) is 0 Å². The summed E-state index contributed by atoms with van der Waals surface area (Å²) in [7, 11) is 0. The fraction of sp³-hybridized carbons (Fsp3) is 0.222. The molecule has 2 aromatic heterocycles. The third kappa shape index (κ3) is 3.69. The minimum atomic E-state index is -0.0462. The second kappa shape index (κ2) is 6.52. The molecule has 1 aromatic carbocycles. The van der Waals surface area contributed by atoms with E-state index >= 15 is 0 Å². The number of hydrogen-bond acceptors (Lipinski definition) is 2. The summed E-state index contributed by atoms with van der Waals surface area (Å²) in [5.74, 6) is -0.0462. The van der Waals surface area contributed by atoms with Crippen LogP contribution in [-0.4, -0.2) is 20.3 Å². The quantitative estimate of drug-likeness (QED) is 0.788. The summed E-state index contributed by atoms with van der Waals surface area (Å²) >= 11 is 0. The molecule has 0 saturated carbocycles.